The molecule has 8 heteroatoms. The largest absolute Gasteiger partial charge is 0.469 e. The first-order chi connectivity index (χ1) is 12.6. The van der Waals surface area contributed by atoms with Crippen LogP contribution in [0.2, 0.25) is 0 Å². The topological polar surface area (TPSA) is 69.6 Å². The van der Waals surface area contributed by atoms with Gasteiger partial charge in [0, 0.05) is 16.8 Å². The van der Waals surface area contributed by atoms with Gasteiger partial charge < -0.3 is 4.42 Å². The van der Waals surface area contributed by atoms with Gasteiger partial charge in [-0.05, 0) is 44.2 Å². The highest BCUT2D eigenvalue weighted by Crippen LogP contribution is 2.38. The third-order valence-electron chi connectivity index (χ3n) is 4.25. The van der Waals surface area contributed by atoms with Gasteiger partial charge in [-0.2, -0.15) is 0 Å². The van der Waals surface area contributed by atoms with Crippen molar-refractivity contribution in [2.75, 3.05) is 0 Å². The Kier molecular flexibility index (Phi) is 4.37. The van der Waals surface area contributed by atoms with Crippen molar-refractivity contribution in [2.45, 2.75) is 37.5 Å². The van der Waals surface area contributed by atoms with Crippen molar-refractivity contribution in [1.29, 1.82) is 0 Å². The third-order valence-corrected chi connectivity index (χ3v) is 6.35. The minimum absolute atomic E-state index is 0.602. The number of furan rings is 1. The lowest BCUT2D eigenvalue weighted by molar-refractivity contribution is 0.534. The van der Waals surface area contributed by atoms with Gasteiger partial charge in [0.15, 0.2) is 11.0 Å². The predicted molar refractivity (Wildman–Crippen MR) is 104 cm³/mol. The molecule has 0 aliphatic carbocycles. The molecule has 0 spiro atoms. The summed E-state index contributed by atoms with van der Waals surface area (Å²) in [7, 11) is 0. The second kappa shape index (κ2) is 6.69. The molecule has 4 aromatic heterocycles. The monoisotopic (exact) mass is 383 g/mol. The van der Waals surface area contributed by atoms with Gasteiger partial charge in [-0.15, -0.1) is 28.1 Å². The number of allylic oxidation sites excluding steroid dienone is 1. The molecule has 0 fully saturated rings. The molecule has 0 atom stereocenters. The van der Waals surface area contributed by atoms with Crippen molar-refractivity contribution in [3.8, 4) is 11.4 Å². The number of aryl methyl sites for hydroxylation is 3. The maximum Gasteiger partial charge on any atom is 0.198 e. The van der Waals surface area contributed by atoms with E-state index < -0.39 is 0 Å². The summed E-state index contributed by atoms with van der Waals surface area (Å²) >= 11 is 3.19. The SMILES string of the molecule is C=CCn1c(Sc2ncnc3sc(C)c(C)c23)nnc1-c1ccoc1C. The minimum atomic E-state index is 0.602. The van der Waals surface area contributed by atoms with Crippen molar-refractivity contribution < 1.29 is 4.42 Å². The summed E-state index contributed by atoms with van der Waals surface area (Å²) in [6.07, 6.45) is 5.10. The van der Waals surface area contributed by atoms with Crippen molar-refractivity contribution in [3.63, 3.8) is 0 Å². The van der Waals surface area contributed by atoms with E-state index in [0.29, 0.717) is 6.54 Å². The van der Waals surface area contributed by atoms with E-state index in [1.165, 1.54) is 22.2 Å². The Morgan fingerprint density at radius 1 is 1.27 bits per heavy atom. The quantitative estimate of drug-likeness (QED) is 0.364. The average molecular weight is 384 g/mol. The Bertz CT molecular complexity index is 1110. The fourth-order valence-corrected chi connectivity index (χ4v) is 4.83. The number of nitrogens with zero attached hydrogens (tertiary/aromatic N) is 5. The molecule has 0 radical (unpaired) electrons. The van der Waals surface area contributed by atoms with E-state index in [-0.39, 0.29) is 0 Å². The molecule has 0 saturated heterocycles. The van der Waals surface area contributed by atoms with E-state index in [1.54, 1.807) is 23.9 Å². The molecule has 6 nitrogen and oxygen atoms in total. The highest BCUT2D eigenvalue weighted by molar-refractivity contribution is 7.99. The van der Waals surface area contributed by atoms with E-state index in [9.17, 15) is 0 Å². The van der Waals surface area contributed by atoms with Crippen molar-refractivity contribution in [3.05, 3.63) is 47.5 Å². The van der Waals surface area contributed by atoms with Crippen LogP contribution in [0.15, 0.2) is 45.9 Å². The van der Waals surface area contributed by atoms with Crippen LogP contribution in [0, 0.1) is 20.8 Å². The summed E-state index contributed by atoms with van der Waals surface area (Å²) in [6.45, 7) is 10.6. The molecule has 26 heavy (non-hydrogen) atoms. The van der Waals surface area contributed by atoms with Gasteiger partial charge in [0.1, 0.15) is 21.9 Å². The molecule has 4 aromatic rings. The molecule has 0 saturated carbocycles. The van der Waals surface area contributed by atoms with Crippen molar-refractivity contribution in [1.82, 2.24) is 24.7 Å². The maximum atomic E-state index is 5.42. The van der Waals surface area contributed by atoms with Crippen molar-refractivity contribution in [2.24, 2.45) is 0 Å². The summed E-state index contributed by atoms with van der Waals surface area (Å²) in [4.78, 5) is 11.2. The first-order valence-corrected chi connectivity index (χ1v) is 9.70. The third kappa shape index (κ3) is 2.75. The van der Waals surface area contributed by atoms with Crippen LogP contribution in [0.3, 0.4) is 0 Å². The van der Waals surface area contributed by atoms with Gasteiger partial charge in [-0.3, -0.25) is 4.57 Å². The fraction of sp³-hybridized carbons (Fsp3) is 0.222. The number of thiophene rings is 1. The first kappa shape index (κ1) is 17.0. The maximum absolute atomic E-state index is 5.42. The van der Waals surface area contributed by atoms with E-state index in [4.69, 9.17) is 4.42 Å². The molecule has 0 bridgehead atoms. The van der Waals surface area contributed by atoms with Crippen LogP contribution < -0.4 is 0 Å². The standard InChI is InChI=1S/C18H17N5OS2/c1-5-7-23-15(13-6-8-24-11(13)3)21-22-18(23)26-17-14-10(2)12(4)25-16(14)19-9-20-17/h5-6,8-9H,1,7H2,2-4H3. The lowest BCUT2D eigenvalue weighted by atomic mass is 10.2. The van der Waals surface area contributed by atoms with Gasteiger partial charge in [0.25, 0.3) is 0 Å². The summed E-state index contributed by atoms with van der Waals surface area (Å²) in [5, 5.41) is 11.5. The molecule has 4 heterocycles. The van der Waals surface area contributed by atoms with Gasteiger partial charge >= 0.3 is 0 Å². The summed E-state index contributed by atoms with van der Waals surface area (Å²) in [5.74, 6) is 1.58. The lowest BCUT2D eigenvalue weighted by Crippen LogP contribution is -2.01. The molecule has 0 aliphatic heterocycles. The lowest BCUT2D eigenvalue weighted by Gasteiger charge is -2.07. The Labute approximate surface area is 159 Å². The van der Waals surface area contributed by atoms with Crippen LogP contribution in [0.25, 0.3) is 21.6 Å². The van der Waals surface area contributed by atoms with Gasteiger partial charge in [-0.1, -0.05) is 6.08 Å². The number of fused-ring (bicyclic) bond motifs is 1. The Balaban J connectivity index is 1.81. The van der Waals surface area contributed by atoms with Crippen LogP contribution in [-0.2, 0) is 6.54 Å². The molecule has 0 N–H and O–H groups in total. The van der Waals surface area contributed by atoms with Crippen LogP contribution in [-0.4, -0.2) is 24.7 Å². The fourth-order valence-electron chi connectivity index (χ4n) is 2.79. The highest BCUT2D eigenvalue weighted by Gasteiger charge is 2.20. The van der Waals surface area contributed by atoms with Gasteiger partial charge in [0.2, 0.25) is 0 Å². The number of rotatable bonds is 5. The van der Waals surface area contributed by atoms with E-state index in [2.05, 4.69) is 40.6 Å². The number of hydrogen-bond acceptors (Lipinski definition) is 7. The zero-order chi connectivity index (χ0) is 18.3. The average Bonchev–Trinajstić information content (AvgIpc) is 3.28. The second-order valence-electron chi connectivity index (χ2n) is 5.84. The van der Waals surface area contributed by atoms with Crippen LogP contribution in [0.1, 0.15) is 16.2 Å². The van der Waals surface area contributed by atoms with Crippen LogP contribution in [0.4, 0.5) is 0 Å². The van der Waals surface area contributed by atoms with E-state index >= 15 is 0 Å². The Hall–Kier alpha value is -2.45. The summed E-state index contributed by atoms with van der Waals surface area (Å²) < 4.78 is 7.45. The molecule has 0 unspecified atom stereocenters. The first-order valence-electron chi connectivity index (χ1n) is 8.07. The van der Waals surface area contributed by atoms with Gasteiger partial charge in [0.05, 0.1) is 11.8 Å². The number of hydrogen-bond donors (Lipinski definition) is 0. The second-order valence-corrected chi connectivity index (χ2v) is 8.00. The van der Waals surface area contributed by atoms with Crippen LogP contribution in [0.5, 0.6) is 0 Å². The Morgan fingerprint density at radius 2 is 2.12 bits per heavy atom. The number of aromatic nitrogens is 5. The van der Waals surface area contributed by atoms with Crippen molar-refractivity contribution >= 4 is 33.3 Å². The molecule has 4 rings (SSSR count). The van der Waals surface area contributed by atoms with Crippen LogP contribution >= 0.6 is 23.1 Å². The highest BCUT2D eigenvalue weighted by atomic mass is 32.2. The molecule has 0 aromatic carbocycles. The minimum Gasteiger partial charge on any atom is -0.469 e. The smallest absolute Gasteiger partial charge is 0.198 e. The van der Waals surface area contributed by atoms with Gasteiger partial charge in [-0.25, -0.2) is 9.97 Å². The Morgan fingerprint density at radius 3 is 2.85 bits per heavy atom. The predicted octanol–water partition coefficient (Wildman–Crippen LogP) is 4.81. The summed E-state index contributed by atoms with van der Waals surface area (Å²) in [5.41, 5.74) is 2.15. The summed E-state index contributed by atoms with van der Waals surface area (Å²) in [6, 6.07) is 1.91. The molecular formula is C18H17N5OS2. The normalized spacial score (nSPS) is 11.3. The van der Waals surface area contributed by atoms with E-state index in [1.807, 2.05) is 23.6 Å². The zero-order valence-corrected chi connectivity index (χ0v) is 16.3. The molecule has 0 amide bonds. The van der Waals surface area contributed by atoms with E-state index in [0.717, 1.165) is 37.5 Å². The molecule has 0 aliphatic rings. The molecule has 132 valence electrons. The zero-order valence-electron chi connectivity index (χ0n) is 14.7. The molecular weight excluding hydrogens is 366 g/mol.